The van der Waals surface area contributed by atoms with E-state index in [0.717, 1.165) is 24.1 Å². The summed E-state index contributed by atoms with van der Waals surface area (Å²) in [5, 5.41) is 21.8. The lowest BCUT2D eigenvalue weighted by Gasteiger charge is -2.22. The van der Waals surface area contributed by atoms with Gasteiger partial charge in [-0.25, -0.2) is 0 Å². The summed E-state index contributed by atoms with van der Waals surface area (Å²) < 4.78 is 0. The molecule has 3 N–H and O–H groups in total. The zero-order valence-corrected chi connectivity index (χ0v) is 10.6. The molecule has 1 atom stereocenters. The van der Waals surface area contributed by atoms with Gasteiger partial charge >= 0.3 is 0 Å². The van der Waals surface area contributed by atoms with E-state index in [2.05, 4.69) is 21.2 Å². The second kappa shape index (κ2) is 4.51. The molecule has 0 fully saturated rings. The lowest BCUT2D eigenvalue weighted by molar-refractivity contribution is 0.401. The minimum absolute atomic E-state index is 0. The van der Waals surface area contributed by atoms with Crippen LogP contribution in [0.3, 0.4) is 0 Å². The van der Waals surface area contributed by atoms with Crippen LogP contribution in [0.4, 0.5) is 0 Å². The van der Waals surface area contributed by atoms with E-state index in [-0.39, 0.29) is 33.4 Å². The molecule has 5 heteroatoms. The predicted octanol–water partition coefficient (Wildman–Crippen LogP) is 2.21. The SMILES string of the molecule is Br.Oc1cc2c(cc1O)C(Br)NCC2. The van der Waals surface area contributed by atoms with Crippen molar-refractivity contribution in [2.45, 2.75) is 11.4 Å². The van der Waals surface area contributed by atoms with Crippen molar-refractivity contribution in [3.8, 4) is 11.5 Å². The smallest absolute Gasteiger partial charge is 0.157 e. The Hall–Kier alpha value is -0.260. The molecule has 0 spiro atoms. The summed E-state index contributed by atoms with van der Waals surface area (Å²) in [7, 11) is 0. The summed E-state index contributed by atoms with van der Waals surface area (Å²) in [5.41, 5.74) is 2.08. The summed E-state index contributed by atoms with van der Waals surface area (Å²) in [6.07, 6.45) is 0.880. The van der Waals surface area contributed by atoms with Gasteiger partial charge in [0.25, 0.3) is 0 Å². The molecule has 0 bridgehead atoms. The Labute approximate surface area is 101 Å². The fraction of sp³-hybridized carbons (Fsp3) is 0.333. The molecular weight excluding hydrogens is 314 g/mol. The fourth-order valence-corrected chi connectivity index (χ4v) is 2.19. The second-order valence-electron chi connectivity index (χ2n) is 3.11. The first-order chi connectivity index (χ1) is 6.18. The van der Waals surface area contributed by atoms with E-state index in [9.17, 15) is 10.2 Å². The first kappa shape index (κ1) is 11.8. The molecule has 3 nitrogen and oxygen atoms in total. The van der Waals surface area contributed by atoms with Gasteiger partial charge in [0.15, 0.2) is 11.5 Å². The van der Waals surface area contributed by atoms with Gasteiger partial charge in [-0.2, -0.15) is 0 Å². The third-order valence-electron chi connectivity index (χ3n) is 2.23. The molecule has 0 saturated carbocycles. The van der Waals surface area contributed by atoms with Gasteiger partial charge in [0.2, 0.25) is 0 Å². The van der Waals surface area contributed by atoms with Gasteiger partial charge in [-0.1, -0.05) is 15.9 Å². The summed E-state index contributed by atoms with van der Waals surface area (Å²) in [6, 6.07) is 3.22. The molecule has 0 aromatic heterocycles. The normalized spacial score (nSPS) is 19.6. The molecule has 0 saturated heterocycles. The third kappa shape index (κ3) is 2.04. The molecule has 1 aromatic rings. The molecular formula is C9H11Br2NO2. The predicted molar refractivity (Wildman–Crippen MR) is 63.5 cm³/mol. The maximum absolute atomic E-state index is 9.29. The van der Waals surface area contributed by atoms with Crippen LogP contribution < -0.4 is 5.32 Å². The van der Waals surface area contributed by atoms with Crippen molar-refractivity contribution < 1.29 is 10.2 Å². The molecule has 1 unspecified atom stereocenters. The highest BCUT2D eigenvalue weighted by Crippen LogP contribution is 2.35. The van der Waals surface area contributed by atoms with Crippen LogP contribution in [0, 0.1) is 0 Å². The number of hydrogen-bond acceptors (Lipinski definition) is 3. The lowest BCUT2D eigenvalue weighted by Crippen LogP contribution is -2.25. The molecule has 1 aromatic carbocycles. The monoisotopic (exact) mass is 323 g/mol. The van der Waals surface area contributed by atoms with Gasteiger partial charge in [0.1, 0.15) is 0 Å². The molecule has 0 amide bonds. The van der Waals surface area contributed by atoms with Crippen LogP contribution in [-0.2, 0) is 6.42 Å². The largest absolute Gasteiger partial charge is 0.504 e. The van der Waals surface area contributed by atoms with E-state index in [1.54, 1.807) is 12.1 Å². The molecule has 0 aliphatic carbocycles. The fourth-order valence-electron chi connectivity index (χ4n) is 1.53. The second-order valence-corrected chi connectivity index (χ2v) is 4.02. The Morgan fingerprint density at radius 2 is 1.93 bits per heavy atom. The van der Waals surface area contributed by atoms with Gasteiger partial charge in [-0.05, 0) is 29.7 Å². The van der Waals surface area contributed by atoms with Crippen molar-refractivity contribution in [2.75, 3.05) is 6.54 Å². The highest BCUT2D eigenvalue weighted by molar-refractivity contribution is 9.09. The highest BCUT2D eigenvalue weighted by Gasteiger charge is 2.18. The van der Waals surface area contributed by atoms with E-state index in [1.807, 2.05) is 0 Å². The Morgan fingerprint density at radius 1 is 1.29 bits per heavy atom. The standard InChI is InChI=1S/C9H10BrNO2.BrH/c10-9-6-4-8(13)7(12)3-5(6)1-2-11-9;/h3-4,9,11-13H,1-2H2;1H. The number of benzene rings is 1. The topological polar surface area (TPSA) is 52.5 Å². The molecule has 14 heavy (non-hydrogen) atoms. The van der Waals surface area contributed by atoms with Gasteiger partial charge < -0.3 is 15.5 Å². The summed E-state index contributed by atoms with van der Waals surface area (Å²) >= 11 is 3.44. The average molecular weight is 325 g/mol. The van der Waals surface area contributed by atoms with Crippen LogP contribution >= 0.6 is 32.9 Å². The van der Waals surface area contributed by atoms with Crippen molar-refractivity contribution in [1.82, 2.24) is 5.32 Å². The maximum Gasteiger partial charge on any atom is 0.157 e. The number of phenols is 2. The van der Waals surface area contributed by atoms with Crippen molar-refractivity contribution in [3.63, 3.8) is 0 Å². The zero-order valence-electron chi connectivity index (χ0n) is 7.33. The third-order valence-corrected chi connectivity index (χ3v) is 3.04. The van der Waals surface area contributed by atoms with Crippen LogP contribution in [0.25, 0.3) is 0 Å². The first-order valence-electron chi connectivity index (χ1n) is 4.10. The van der Waals surface area contributed by atoms with Crippen molar-refractivity contribution in [1.29, 1.82) is 0 Å². The molecule has 1 heterocycles. The van der Waals surface area contributed by atoms with E-state index in [1.165, 1.54) is 0 Å². The lowest BCUT2D eigenvalue weighted by atomic mass is 10.0. The quantitative estimate of drug-likeness (QED) is 0.389. The van der Waals surface area contributed by atoms with E-state index < -0.39 is 0 Å². The molecule has 1 aliphatic heterocycles. The van der Waals surface area contributed by atoms with E-state index in [0.29, 0.717) is 0 Å². The molecule has 0 radical (unpaired) electrons. The molecule has 2 rings (SSSR count). The number of nitrogens with one attached hydrogen (secondary N) is 1. The Kier molecular flexibility index (Phi) is 3.80. The number of fused-ring (bicyclic) bond motifs is 1. The molecule has 78 valence electrons. The van der Waals surface area contributed by atoms with Crippen LogP contribution in [0.2, 0.25) is 0 Å². The number of aromatic hydroxyl groups is 2. The van der Waals surface area contributed by atoms with Crippen LogP contribution in [0.5, 0.6) is 11.5 Å². The number of phenolic OH excluding ortho intramolecular Hbond substituents is 2. The number of rotatable bonds is 0. The van der Waals surface area contributed by atoms with Crippen molar-refractivity contribution in [2.24, 2.45) is 0 Å². The number of hydrogen-bond donors (Lipinski definition) is 3. The van der Waals surface area contributed by atoms with Crippen molar-refractivity contribution >= 4 is 32.9 Å². The Morgan fingerprint density at radius 3 is 2.64 bits per heavy atom. The van der Waals surface area contributed by atoms with Gasteiger partial charge in [-0.3, -0.25) is 0 Å². The Bertz CT molecular complexity index is 344. The number of alkyl halides is 1. The average Bonchev–Trinajstić information content (AvgIpc) is 2.09. The zero-order chi connectivity index (χ0) is 9.42. The maximum atomic E-state index is 9.29. The van der Waals surface area contributed by atoms with Gasteiger partial charge in [-0.15, -0.1) is 17.0 Å². The van der Waals surface area contributed by atoms with Crippen molar-refractivity contribution in [3.05, 3.63) is 23.3 Å². The highest BCUT2D eigenvalue weighted by atomic mass is 79.9. The first-order valence-corrected chi connectivity index (χ1v) is 5.02. The Balaban J connectivity index is 0.000000980. The van der Waals surface area contributed by atoms with Crippen LogP contribution in [0.1, 0.15) is 16.1 Å². The summed E-state index contributed by atoms with van der Waals surface area (Å²) in [6.45, 7) is 0.882. The minimum atomic E-state index is -0.0631. The summed E-state index contributed by atoms with van der Waals surface area (Å²) in [4.78, 5) is 0.0720. The summed E-state index contributed by atoms with van der Waals surface area (Å²) in [5.74, 6) is -0.104. The van der Waals surface area contributed by atoms with E-state index >= 15 is 0 Å². The number of halogens is 2. The van der Waals surface area contributed by atoms with Gasteiger partial charge in [0, 0.05) is 6.54 Å². The minimum Gasteiger partial charge on any atom is -0.504 e. The molecule has 1 aliphatic rings. The van der Waals surface area contributed by atoms with E-state index in [4.69, 9.17) is 0 Å². The van der Waals surface area contributed by atoms with Crippen LogP contribution in [0.15, 0.2) is 12.1 Å². The van der Waals surface area contributed by atoms with Crippen LogP contribution in [-0.4, -0.2) is 16.8 Å². The van der Waals surface area contributed by atoms with Gasteiger partial charge in [0.05, 0.1) is 4.95 Å².